The number of benzene rings is 1. The maximum atomic E-state index is 5.92. The first-order valence-electron chi connectivity index (χ1n) is 6.12. The highest BCUT2D eigenvalue weighted by Crippen LogP contribution is 2.30. The highest BCUT2D eigenvalue weighted by molar-refractivity contribution is 9.11. The van der Waals surface area contributed by atoms with E-state index in [1.165, 1.54) is 23.1 Å². The number of ether oxygens (including phenoxy) is 1. The first kappa shape index (κ1) is 14.6. The van der Waals surface area contributed by atoms with Gasteiger partial charge in [0.05, 0.1) is 6.61 Å². The van der Waals surface area contributed by atoms with Gasteiger partial charge in [0.2, 0.25) is 0 Å². The summed E-state index contributed by atoms with van der Waals surface area (Å²) in [4.78, 5) is 12.9. The minimum Gasteiger partial charge on any atom is -0.493 e. The van der Waals surface area contributed by atoms with Crippen molar-refractivity contribution in [1.82, 2.24) is 15.0 Å². The number of fused-ring (bicyclic) bond motifs is 1. The maximum absolute atomic E-state index is 5.92. The summed E-state index contributed by atoms with van der Waals surface area (Å²) in [6.45, 7) is 0.580. The minimum atomic E-state index is 0.467. The van der Waals surface area contributed by atoms with E-state index in [1.807, 2.05) is 30.3 Å². The van der Waals surface area contributed by atoms with Crippen molar-refractivity contribution >= 4 is 55.2 Å². The normalized spacial score (nSPS) is 10.9. The fourth-order valence-electron chi connectivity index (χ4n) is 1.67. The smallest absolute Gasteiger partial charge is 0.191 e. The van der Waals surface area contributed by atoms with Crippen molar-refractivity contribution < 1.29 is 4.74 Å². The molecule has 0 aliphatic carbocycles. The Kier molecular flexibility index (Phi) is 4.57. The SMILES string of the molecule is Nc1nc(SCCOc2ccccc2)nc2nc(Br)sc12. The number of nitrogens with two attached hydrogens (primary N) is 1. The molecule has 2 aromatic heterocycles. The van der Waals surface area contributed by atoms with Crippen molar-refractivity contribution in [2.75, 3.05) is 18.1 Å². The van der Waals surface area contributed by atoms with Gasteiger partial charge >= 0.3 is 0 Å². The number of thiazole rings is 1. The Morgan fingerprint density at radius 3 is 2.81 bits per heavy atom. The van der Waals surface area contributed by atoms with Gasteiger partial charge in [-0.15, -0.1) is 11.3 Å². The van der Waals surface area contributed by atoms with Gasteiger partial charge in [0, 0.05) is 5.75 Å². The van der Waals surface area contributed by atoms with Crippen molar-refractivity contribution in [3.05, 3.63) is 34.2 Å². The summed E-state index contributed by atoms with van der Waals surface area (Å²) in [7, 11) is 0. The molecule has 0 saturated heterocycles. The lowest BCUT2D eigenvalue weighted by molar-refractivity contribution is 0.344. The zero-order valence-electron chi connectivity index (χ0n) is 10.8. The summed E-state index contributed by atoms with van der Waals surface area (Å²) >= 11 is 6.27. The number of aromatic nitrogens is 3. The Balaban J connectivity index is 1.60. The highest BCUT2D eigenvalue weighted by Gasteiger charge is 2.10. The summed E-state index contributed by atoms with van der Waals surface area (Å²) in [6, 6.07) is 9.70. The second kappa shape index (κ2) is 6.59. The molecular weight excluding hydrogens is 372 g/mol. The zero-order valence-corrected chi connectivity index (χ0v) is 14.0. The maximum Gasteiger partial charge on any atom is 0.191 e. The summed E-state index contributed by atoms with van der Waals surface area (Å²) < 4.78 is 7.19. The van der Waals surface area contributed by atoms with Crippen LogP contribution in [0.1, 0.15) is 0 Å². The quantitative estimate of drug-likeness (QED) is 0.412. The summed E-state index contributed by atoms with van der Waals surface area (Å²) in [6.07, 6.45) is 0. The molecule has 2 heterocycles. The molecule has 3 rings (SSSR count). The Bertz CT molecular complexity index is 751. The third-order valence-electron chi connectivity index (χ3n) is 2.56. The molecule has 0 radical (unpaired) electrons. The third-order valence-corrected chi connectivity index (χ3v) is 4.89. The summed E-state index contributed by atoms with van der Waals surface area (Å²) in [5.41, 5.74) is 6.55. The van der Waals surface area contributed by atoms with Crippen LogP contribution in [0.4, 0.5) is 5.82 Å². The standard InChI is InChI=1S/C13H11BrN4OS2/c14-12-17-11-9(21-12)10(15)16-13(18-11)20-7-6-19-8-4-2-1-3-5-8/h1-5H,6-7H2,(H2,15,16,18). The molecular formula is C13H11BrN4OS2. The van der Waals surface area contributed by atoms with Gasteiger partial charge in [0.15, 0.2) is 14.7 Å². The van der Waals surface area contributed by atoms with Gasteiger partial charge in [0.25, 0.3) is 0 Å². The number of rotatable bonds is 5. The molecule has 0 saturated carbocycles. The largest absolute Gasteiger partial charge is 0.493 e. The van der Waals surface area contributed by atoms with Crippen LogP contribution >= 0.6 is 39.0 Å². The van der Waals surface area contributed by atoms with E-state index >= 15 is 0 Å². The molecule has 21 heavy (non-hydrogen) atoms. The lowest BCUT2D eigenvalue weighted by Gasteiger charge is -2.05. The molecule has 108 valence electrons. The summed E-state index contributed by atoms with van der Waals surface area (Å²) in [5, 5.41) is 0.620. The zero-order chi connectivity index (χ0) is 14.7. The molecule has 0 aliphatic rings. The number of anilines is 1. The summed E-state index contributed by atoms with van der Waals surface area (Å²) in [5.74, 6) is 2.07. The predicted octanol–water partition coefficient (Wildman–Crippen LogP) is 3.60. The molecule has 2 N–H and O–H groups in total. The van der Waals surface area contributed by atoms with E-state index < -0.39 is 0 Å². The average Bonchev–Trinajstić information content (AvgIpc) is 2.86. The molecule has 0 amide bonds. The second-order valence-corrected chi connectivity index (χ2v) is 7.36. The van der Waals surface area contributed by atoms with E-state index in [0.717, 1.165) is 20.1 Å². The van der Waals surface area contributed by atoms with Crippen molar-refractivity contribution in [1.29, 1.82) is 0 Å². The van der Waals surface area contributed by atoms with Crippen molar-refractivity contribution in [2.45, 2.75) is 5.16 Å². The molecule has 8 heteroatoms. The fraction of sp³-hybridized carbons (Fsp3) is 0.154. The number of thioether (sulfide) groups is 1. The molecule has 0 atom stereocenters. The van der Waals surface area contributed by atoms with Crippen LogP contribution in [0, 0.1) is 0 Å². The van der Waals surface area contributed by atoms with Gasteiger partial charge < -0.3 is 10.5 Å². The van der Waals surface area contributed by atoms with Crippen LogP contribution in [0.15, 0.2) is 39.4 Å². The Morgan fingerprint density at radius 2 is 2.00 bits per heavy atom. The van der Waals surface area contributed by atoms with Crippen molar-refractivity contribution in [3.63, 3.8) is 0 Å². The number of hydrogen-bond acceptors (Lipinski definition) is 7. The van der Waals surface area contributed by atoms with Gasteiger partial charge in [-0.2, -0.15) is 0 Å². The van der Waals surface area contributed by atoms with E-state index in [4.69, 9.17) is 10.5 Å². The number of nitrogens with zero attached hydrogens (tertiary/aromatic N) is 3. The lowest BCUT2D eigenvalue weighted by Crippen LogP contribution is -2.02. The van der Waals surface area contributed by atoms with E-state index in [1.54, 1.807) is 0 Å². The monoisotopic (exact) mass is 382 g/mol. The van der Waals surface area contributed by atoms with Crippen LogP contribution < -0.4 is 10.5 Å². The molecule has 5 nitrogen and oxygen atoms in total. The van der Waals surface area contributed by atoms with Crippen LogP contribution in [-0.2, 0) is 0 Å². The van der Waals surface area contributed by atoms with Gasteiger partial charge in [-0.05, 0) is 28.1 Å². The Morgan fingerprint density at radius 1 is 1.19 bits per heavy atom. The average molecular weight is 383 g/mol. The van der Waals surface area contributed by atoms with Crippen molar-refractivity contribution in [3.8, 4) is 5.75 Å². The van der Waals surface area contributed by atoms with E-state index in [2.05, 4.69) is 30.9 Å². The molecule has 3 aromatic rings. The first-order chi connectivity index (χ1) is 10.2. The third kappa shape index (κ3) is 3.63. The van der Waals surface area contributed by atoms with E-state index in [9.17, 15) is 0 Å². The highest BCUT2D eigenvalue weighted by atomic mass is 79.9. The number of nitrogen functional groups attached to an aromatic ring is 1. The Labute approximate surface area is 138 Å². The molecule has 0 bridgehead atoms. The predicted molar refractivity (Wildman–Crippen MR) is 90.0 cm³/mol. The van der Waals surface area contributed by atoms with Crippen LogP contribution in [0.2, 0.25) is 0 Å². The van der Waals surface area contributed by atoms with E-state index in [0.29, 0.717) is 23.2 Å². The first-order valence-corrected chi connectivity index (χ1v) is 8.72. The number of hydrogen-bond donors (Lipinski definition) is 1. The topological polar surface area (TPSA) is 73.9 Å². The van der Waals surface area contributed by atoms with Gasteiger partial charge in [0.1, 0.15) is 16.3 Å². The van der Waals surface area contributed by atoms with Crippen LogP contribution in [0.25, 0.3) is 10.3 Å². The van der Waals surface area contributed by atoms with Crippen molar-refractivity contribution in [2.24, 2.45) is 0 Å². The molecule has 0 aliphatic heterocycles. The molecule has 0 spiro atoms. The van der Waals surface area contributed by atoms with E-state index in [-0.39, 0.29) is 0 Å². The number of halogens is 1. The van der Waals surface area contributed by atoms with Gasteiger partial charge in [-0.3, -0.25) is 0 Å². The molecule has 0 unspecified atom stereocenters. The van der Waals surface area contributed by atoms with Crippen LogP contribution in [0.5, 0.6) is 5.75 Å². The Hall–Kier alpha value is -1.38. The second-order valence-electron chi connectivity index (χ2n) is 4.02. The van der Waals surface area contributed by atoms with Crippen LogP contribution in [-0.4, -0.2) is 27.3 Å². The van der Waals surface area contributed by atoms with Crippen LogP contribution in [0.3, 0.4) is 0 Å². The number of para-hydroxylation sites is 1. The molecule has 0 fully saturated rings. The van der Waals surface area contributed by atoms with Gasteiger partial charge in [-0.1, -0.05) is 30.0 Å². The minimum absolute atomic E-state index is 0.467. The molecule has 1 aromatic carbocycles. The van der Waals surface area contributed by atoms with Gasteiger partial charge in [-0.25, -0.2) is 15.0 Å². The fourth-order valence-corrected chi connectivity index (χ4v) is 3.62. The lowest BCUT2D eigenvalue weighted by atomic mass is 10.3.